The molecule has 1 amide bonds. The van der Waals surface area contributed by atoms with Crippen LogP contribution in [-0.2, 0) is 11.2 Å². The summed E-state index contributed by atoms with van der Waals surface area (Å²) < 4.78 is 11.4. The number of methoxy groups -OCH3 is 1. The molecule has 5 rings (SSSR count). The molecule has 0 aliphatic carbocycles. The van der Waals surface area contributed by atoms with Crippen LogP contribution in [0, 0.1) is 6.92 Å². The Balaban J connectivity index is 1.42. The van der Waals surface area contributed by atoms with Crippen LogP contribution in [0.3, 0.4) is 0 Å². The first-order chi connectivity index (χ1) is 17.5. The molecule has 9 heteroatoms. The van der Waals surface area contributed by atoms with Crippen molar-refractivity contribution in [2.45, 2.75) is 13.3 Å². The maximum Gasteiger partial charge on any atom is 0.258 e. The van der Waals surface area contributed by atoms with Gasteiger partial charge in [0.25, 0.3) is 5.91 Å². The van der Waals surface area contributed by atoms with Crippen LogP contribution in [0.5, 0.6) is 5.75 Å². The third-order valence-electron chi connectivity index (χ3n) is 5.95. The first kappa shape index (κ1) is 23.7. The minimum Gasteiger partial charge on any atom is -0.491 e. The number of pyridine rings is 1. The molecule has 8 nitrogen and oxygen atoms in total. The molecule has 182 valence electrons. The highest BCUT2D eigenvalue weighted by Crippen LogP contribution is 2.32. The highest BCUT2D eigenvalue weighted by atomic mass is 32.1. The number of nitrogens with zero attached hydrogens (tertiary/aromatic N) is 3. The summed E-state index contributed by atoms with van der Waals surface area (Å²) in [4.78, 5) is 26.2. The van der Waals surface area contributed by atoms with Crippen molar-refractivity contribution in [1.82, 2.24) is 15.0 Å². The van der Waals surface area contributed by atoms with Gasteiger partial charge in [-0.25, -0.2) is 9.97 Å². The molecule has 0 atom stereocenters. The van der Waals surface area contributed by atoms with Crippen molar-refractivity contribution in [3.63, 3.8) is 0 Å². The minimum absolute atomic E-state index is 0.239. The molecule has 5 aromatic rings. The summed E-state index contributed by atoms with van der Waals surface area (Å²) in [5, 5.41) is 6.79. The Morgan fingerprint density at radius 2 is 1.86 bits per heavy atom. The Morgan fingerprint density at radius 1 is 1.03 bits per heavy atom. The fraction of sp³-hybridized carbons (Fsp3) is 0.185. The average Bonchev–Trinajstić information content (AvgIpc) is 3.33. The monoisotopic (exact) mass is 499 g/mol. The van der Waals surface area contributed by atoms with Crippen molar-refractivity contribution < 1.29 is 14.3 Å². The van der Waals surface area contributed by atoms with Crippen LogP contribution >= 0.6 is 11.3 Å². The van der Waals surface area contributed by atoms with Crippen molar-refractivity contribution in [3.05, 3.63) is 82.8 Å². The van der Waals surface area contributed by atoms with E-state index in [0.29, 0.717) is 41.2 Å². The molecule has 3 N–H and O–H groups in total. The maximum atomic E-state index is 13.3. The number of amides is 1. The molecule has 0 aliphatic heterocycles. The number of hydrogen-bond donors (Lipinski definition) is 2. The van der Waals surface area contributed by atoms with Gasteiger partial charge in [-0.2, -0.15) is 0 Å². The number of carbonyl (C=O) groups is 1. The quantitative estimate of drug-likeness (QED) is 0.289. The summed E-state index contributed by atoms with van der Waals surface area (Å²) >= 11 is 1.36. The molecule has 2 aromatic carbocycles. The number of aryl methyl sites for hydroxylation is 1. The number of anilines is 2. The number of hydrogen-bond acceptors (Lipinski definition) is 8. The average molecular weight is 500 g/mol. The highest BCUT2D eigenvalue weighted by Gasteiger charge is 2.18. The number of aromatic nitrogens is 3. The van der Waals surface area contributed by atoms with Gasteiger partial charge in [-0.3, -0.25) is 9.78 Å². The van der Waals surface area contributed by atoms with Crippen LogP contribution in [0.15, 0.2) is 60.4 Å². The maximum absolute atomic E-state index is 13.3. The lowest BCUT2D eigenvalue weighted by Gasteiger charge is -2.14. The molecular formula is C27H25N5O3S. The zero-order valence-electron chi connectivity index (χ0n) is 19.9. The molecule has 0 aliphatic rings. The van der Waals surface area contributed by atoms with E-state index in [1.807, 2.05) is 43.3 Å². The van der Waals surface area contributed by atoms with Gasteiger partial charge in [-0.05, 0) is 36.2 Å². The predicted molar refractivity (Wildman–Crippen MR) is 143 cm³/mol. The lowest BCUT2D eigenvalue weighted by atomic mass is 10.00. The van der Waals surface area contributed by atoms with Crippen molar-refractivity contribution in [3.8, 4) is 5.75 Å². The van der Waals surface area contributed by atoms with Gasteiger partial charge < -0.3 is 20.5 Å². The molecule has 3 heterocycles. The van der Waals surface area contributed by atoms with Crippen molar-refractivity contribution in [2.75, 3.05) is 31.4 Å². The largest absolute Gasteiger partial charge is 0.491 e. The van der Waals surface area contributed by atoms with Crippen LogP contribution < -0.4 is 15.8 Å². The van der Waals surface area contributed by atoms with Gasteiger partial charge in [0, 0.05) is 35.9 Å². The van der Waals surface area contributed by atoms with Crippen molar-refractivity contribution >= 4 is 49.7 Å². The van der Waals surface area contributed by atoms with Gasteiger partial charge in [0.15, 0.2) is 0 Å². The number of ether oxygens (including phenoxy) is 2. The first-order valence-corrected chi connectivity index (χ1v) is 12.3. The third-order valence-corrected chi connectivity index (χ3v) is 6.94. The summed E-state index contributed by atoms with van der Waals surface area (Å²) in [5.41, 5.74) is 10.7. The van der Waals surface area contributed by atoms with E-state index >= 15 is 0 Å². The van der Waals surface area contributed by atoms with Crippen LogP contribution in [0.2, 0.25) is 0 Å². The van der Waals surface area contributed by atoms with E-state index in [-0.39, 0.29) is 5.91 Å². The second-order valence-electron chi connectivity index (χ2n) is 8.31. The number of benzene rings is 2. The van der Waals surface area contributed by atoms with E-state index in [2.05, 4.69) is 26.3 Å². The number of nitrogen functional groups attached to an aromatic ring is 1. The number of nitrogens with two attached hydrogens (primary N) is 1. The predicted octanol–water partition coefficient (Wildman–Crippen LogP) is 5.00. The SMILES string of the molecule is COCCOc1ccc(Cc2nccc3c(NC(=O)c4csc5c(N)ncnc45)c(C)ccc23)cc1. The normalized spacial score (nSPS) is 11.2. The molecule has 0 saturated heterocycles. The fourth-order valence-corrected chi connectivity index (χ4v) is 4.98. The Bertz CT molecular complexity index is 1550. The molecule has 0 spiro atoms. The topological polar surface area (TPSA) is 112 Å². The molecule has 0 fully saturated rings. The Morgan fingerprint density at radius 3 is 2.67 bits per heavy atom. The zero-order chi connectivity index (χ0) is 25.1. The van der Waals surface area contributed by atoms with Gasteiger partial charge in [0.1, 0.15) is 24.5 Å². The van der Waals surface area contributed by atoms with Gasteiger partial charge in [0.05, 0.1) is 33.8 Å². The number of carbonyl (C=O) groups excluding carboxylic acids is 1. The zero-order valence-corrected chi connectivity index (χ0v) is 20.8. The van der Waals surface area contributed by atoms with Crippen LogP contribution in [0.25, 0.3) is 21.0 Å². The smallest absolute Gasteiger partial charge is 0.258 e. The summed E-state index contributed by atoms with van der Waals surface area (Å²) in [6.45, 7) is 3.03. The lowest BCUT2D eigenvalue weighted by molar-refractivity contribution is 0.102. The highest BCUT2D eigenvalue weighted by molar-refractivity contribution is 7.18. The van der Waals surface area contributed by atoms with E-state index < -0.39 is 0 Å². The number of nitrogens with one attached hydrogen (secondary N) is 1. The Labute approximate surface area is 212 Å². The summed E-state index contributed by atoms with van der Waals surface area (Å²) in [6, 6.07) is 14.0. The second kappa shape index (κ2) is 10.3. The number of rotatable bonds is 8. The Hall–Kier alpha value is -4.08. The fourth-order valence-electron chi connectivity index (χ4n) is 4.08. The van der Waals surface area contributed by atoms with Gasteiger partial charge >= 0.3 is 0 Å². The van der Waals surface area contributed by atoms with E-state index in [1.165, 1.54) is 17.7 Å². The van der Waals surface area contributed by atoms with E-state index in [0.717, 1.165) is 39.0 Å². The third kappa shape index (κ3) is 4.71. The molecular weight excluding hydrogens is 474 g/mol. The van der Waals surface area contributed by atoms with E-state index in [9.17, 15) is 4.79 Å². The minimum atomic E-state index is -0.239. The van der Waals surface area contributed by atoms with Crippen LogP contribution in [0.4, 0.5) is 11.5 Å². The summed E-state index contributed by atoms with van der Waals surface area (Å²) in [6.07, 6.45) is 3.81. The Kier molecular flexibility index (Phi) is 6.75. The summed E-state index contributed by atoms with van der Waals surface area (Å²) in [5.74, 6) is 0.934. The van der Waals surface area contributed by atoms with Crippen molar-refractivity contribution in [2.24, 2.45) is 0 Å². The standard InChI is InChI=1S/C27H25N5O3S/c1-16-3-8-19-20(23(16)32-27(33)21-14-36-25-24(21)30-15-31-26(25)28)9-10-29-22(19)13-17-4-6-18(7-5-17)35-12-11-34-2/h3-10,14-15H,11-13H2,1-2H3,(H,32,33)(H2,28,30,31). The molecule has 0 radical (unpaired) electrons. The number of fused-ring (bicyclic) bond motifs is 2. The number of thiophene rings is 1. The second-order valence-corrected chi connectivity index (χ2v) is 9.19. The van der Waals surface area contributed by atoms with E-state index in [4.69, 9.17) is 15.2 Å². The first-order valence-electron chi connectivity index (χ1n) is 11.4. The van der Waals surface area contributed by atoms with Gasteiger partial charge in [-0.1, -0.05) is 24.3 Å². The molecule has 0 unspecified atom stereocenters. The van der Waals surface area contributed by atoms with Crippen LogP contribution in [0.1, 0.15) is 27.2 Å². The summed E-state index contributed by atoms with van der Waals surface area (Å²) in [7, 11) is 1.65. The van der Waals surface area contributed by atoms with Gasteiger partial charge in [-0.15, -0.1) is 11.3 Å². The molecule has 0 saturated carbocycles. The molecule has 36 heavy (non-hydrogen) atoms. The van der Waals surface area contributed by atoms with E-state index in [1.54, 1.807) is 18.7 Å². The lowest BCUT2D eigenvalue weighted by Crippen LogP contribution is -2.13. The molecule has 3 aromatic heterocycles. The molecule has 0 bridgehead atoms. The van der Waals surface area contributed by atoms with Crippen LogP contribution in [-0.4, -0.2) is 41.2 Å². The van der Waals surface area contributed by atoms with Gasteiger partial charge in [0.2, 0.25) is 0 Å². The van der Waals surface area contributed by atoms with Crippen molar-refractivity contribution in [1.29, 1.82) is 0 Å².